The van der Waals surface area contributed by atoms with Gasteiger partial charge in [0.05, 0.1) is 0 Å². The summed E-state index contributed by atoms with van der Waals surface area (Å²) >= 11 is 0. The van der Waals surface area contributed by atoms with Gasteiger partial charge in [-0.2, -0.15) is 0 Å². The topological polar surface area (TPSA) is 63.3 Å². The zero-order valence-electron chi connectivity index (χ0n) is 5.92. The number of carboxylic acid groups (broad SMARTS) is 1. The quantitative estimate of drug-likeness (QED) is 0.605. The molecule has 0 aromatic heterocycles. The Morgan fingerprint density at radius 3 is 2.70 bits per heavy atom. The highest BCUT2D eigenvalue weighted by atomic mass is 16.4. The summed E-state index contributed by atoms with van der Waals surface area (Å²) < 4.78 is 0. The third kappa shape index (κ3) is 2.35. The van der Waals surface area contributed by atoms with Crippen LogP contribution in [0.2, 0.25) is 0 Å². The van der Waals surface area contributed by atoms with Gasteiger partial charge in [0.2, 0.25) is 0 Å². The second-order valence-corrected chi connectivity index (χ2v) is 2.93. The predicted octanol–water partition coefficient (Wildman–Crippen LogP) is 0.588. The maximum Gasteiger partial charge on any atom is 0.303 e. The van der Waals surface area contributed by atoms with Crippen LogP contribution in [0.4, 0.5) is 0 Å². The van der Waals surface area contributed by atoms with Crippen LogP contribution in [0.25, 0.3) is 0 Å². The summed E-state index contributed by atoms with van der Waals surface area (Å²) in [7, 11) is 0. The van der Waals surface area contributed by atoms with Crippen molar-refractivity contribution in [2.75, 3.05) is 0 Å². The van der Waals surface area contributed by atoms with Gasteiger partial charge < -0.3 is 10.8 Å². The van der Waals surface area contributed by atoms with Gasteiger partial charge in [-0.1, -0.05) is 0 Å². The van der Waals surface area contributed by atoms with E-state index < -0.39 is 5.97 Å². The van der Waals surface area contributed by atoms with E-state index in [4.69, 9.17) is 10.8 Å². The standard InChI is InChI=1S/C7H13NO2/c8-6(5-1-2-5)3-4-7(9)10/h5-6H,1-4,8H2,(H,9,10)/t6-/m1/s1. The zero-order valence-corrected chi connectivity index (χ0v) is 5.92. The summed E-state index contributed by atoms with van der Waals surface area (Å²) in [4.78, 5) is 10.1. The highest BCUT2D eigenvalue weighted by molar-refractivity contribution is 5.66. The van der Waals surface area contributed by atoms with Crippen molar-refractivity contribution in [2.45, 2.75) is 31.7 Å². The number of nitrogens with two attached hydrogens (primary N) is 1. The molecule has 0 aromatic rings. The molecule has 1 aliphatic carbocycles. The number of hydrogen-bond donors (Lipinski definition) is 2. The van der Waals surface area contributed by atoms with E-state index >= 15 is 0 Å². The summed E-state index contributed by atoms with van der Waals surface area (Å²) in [5, 5.41) is 8.31. The van der Waals surface area contributed by atoms with Crippen molar-refractivity contribution < 1.29 is 9.90 Å². The number of carboxylic acids is 1. The van der Waals surface area contributed by atoms with E-state index in [0.717, 1.165) is 0 Å². The summed E-state index contributed by atoms with van der Waals surface area (Å²) in [5.41, 5.74) is 5.66. The molecule has 1 fully saturated rings. The van der Waals surface area contributed by atoms with Crippen molar-refractivity contribution >= 4 is 5.97 Å². The molecule has 0 spiro atoms. The second-order valence-electron chi connectivity index (χ2n) is 2.93. The highest BCUT2D eigenvalue weighted by Crippen LogP contribution is 2.33. The fraction of sp³-hybridized carbons (Fsp3) is 0.857. The molecule has 1 atom stereocenters. The van der Waals surface area contributed by atoms with Gasteiger partial charge in [0.25, 0.3) is 0 Å². The Balaban J connectivity index is 2.05. The summed E-state index contributed by atoms with van der Waals surface area (Å²) in [6.45, 7) is 0. The monoisotopic (exact) mass is 143 g/mol. The Morgan fingerprint density at radius 2 is 2.30 bits per heavy atom. The number of carbonyl (C=O) groups is 1. The molecule has 0 amide bonds. The molecule has 1 aliphatic rings. The van der Waals surface area contributed by atoms with E-state index in [9.17, 15) is 4.79 Å². The summed E-state index contributed by atoms with van der Waals surface area (Å²) in [5.74, 6) is -0.115. The Hall–Kier alpha value is -0.570. The molecule has 58 valence electrons. The Kier molecular flexibility index (Phi) is 2.27. The van der Waals surface area contributed by atoms with Crippen molar-refractivity contribution in [3.05, 3.63) is 0 Å². The lowest BCUT2D eigenvalue weighted by Crippen LogP contribution is -2.23. The van der Waals surface area contributed by atoms with E-state index in [1.165, 1.54) is 12.8 Å². The Bertz CT molecular complexity index is 132. The predicted molar refractivity (Wildman–Crippen MR) is 37.6 cm³/mol. The fourth-order valence-corrected chi connectivity index (χ4v) is 1.05. The average Bonchev–Trinajstić information content (AvgIpc) is 2.63. The molecule has 10 heavy (non-hydrogen) atoms. The smallest absolute Gasteiger partial charge is 0.303 e. The van der Waals surface area contributed by atoms with Gasteiger partial charge >= 0.3 is 5.97 Å². The molecule has 0 bridgehead atoms. The number of aliphatic carboxylic acids is 1. The van der Waals surface area contributed by atoms with Crippen LogP contribution in [0.1, 0.15) is 25.7 Å². The molecule has 1 rings (SSSR count). The first-order valence-electron chi connectivity index (χ1n) is 3.67. The second kappa shape index (κ2) is 3.01. The molecule has 0 aromatic carbocycles. The zero-order chi connectivity index (χ0) is 7.56. The van der Waals surface area contributed by atoms with Gasteiger partial charge in [0, 0.05) is 12.5 Å². The molecular formula is C7H13NO2. The first-order valence-corrected chi connectivity index (χ1v) is 3.67. The van der Waals surface area contributed by atoms with Crippen molar-refractivity contribution in [2.24, 2.45) is 11.7 Å². The van der Waals surface area contributed by atoms with Crippen molar-refractivity contribution in [1.29, 1.82) is 0 Å². The minimum Gasteiger partial charge on any atom is -0.481 e. The largest absolute Gasteiger partial charge is 0.481 e. The van der Waals surface area contributed by atoms with E-state index in [1.54, 1.807) is 0 Å². The van der Waals surface area contributed by atoms with Crippen LogP contribution >= 0.6 is 0 Å². The molecular weight excluding hydrogens is 130 g/mol. The van der Waals surface area contributed by atoms with Gasteiger partial charge in [-0.25, -0.2) is 0 Å². The molecule has 0 radical (unpaired) electrons. The minimum atomic E-state index is -0.740. The first-order chi connectivity index (χ1) is 4.70. The van der Waals surface area contributed by atoms with Gasteiger partial charge in [-0.15, -0.1) is 0 Å². The Labute approximate surface area is 60.2 Å². The lowest BCUT2D eigenvalue weighted by Gasteiger charge is -2.06. The van der Waals surface area contributed by atoms with Gasteiger partial charge in [-0.3, -0.25) is 4.79 Å². The number of rotatable bonds is 4. The lowest BCUT2D eigenvalue weighted by atomic mass is 10.1. The molecule has 0 heterocycles. The molecule has 3 heteroatoms. The Morgan fingerprint density at radius 1 is 1.70 bits per heavy atom. The summed E-state index contributed by atoms with van der Waals surface area (Å²) in [6, 6.07) is 0.135. The highest BCUT2D eigenvalue weighted by Gasteiger charge is 2.28. The van der Waals surface area contributed by atoms with Gasteiger partial charge in [0.1, 0.15) is 0 Å². The van der Waals surface area contributed by atoms with Crippen LogP contribution in [-0.4, -0.2) is 17.1 Å². The normalized spacial score (nSPS) is 20.5. The minimum absolute atomic E-state index is 0.135. The van der Waals surface area contributed by atoms with Crippen molar-refractivity contribution in [3.8, 4) is 0 Å². The van der Waals surface area contributed by atoms with Gasteiger partial charge in [0.15, 0.2) is 0 Å². The van der Waals surface area contributed by atoms with Crippen LogP contribution in [0.15, 0.2) is 0 Å². The van der Waals surface area contributed by atoms with Crippen LogP contribution < -0.4 is 5.73 Å². The third-order valence-electron chi connectivity index (χ3n) is 1.92. The molecule has 3 nitrogen and oxygen atoms in total. The van der Waals surface area contributed by atoms with E-state index in [0.29, 0.717) is 12.3 Å². The van der Waals surface area contributed by atoms with Gasteiger partial charge in [-0.05, 0) is 25.2 Å². The van der Waals surface area contributed by atoms with Crippen molar-refractivity contribution in [1.82, 2.24) is 0 Å². The van der Waals surface area contributed by atoms with Crippen molar-refractivity contribution in [3.63, 3.8) is 0 Å². The van der Waals surface area contributed by atoms with Crippen LogP contribution in [0, 0.1) is 5.92 Å². The maximum absolute atomic E-state index is 10.1. The molecule has 1 saturated carbocycles. The number of hydrogen-bond acceptors (Lipinski definition) is 2. The first kappa shape index (κ1) is 7.54. The molecule has 0 unspecified atom stereocenters. The fourth-order valence-electron chi connectivity index (χ4n) is 1.05. The van der Waals surface area contributed by atoms with E-state index in [2.05, 4.69) is 0 Å². The maximum atomic E-state index is 10.1. The average molecular weight is 143 g/mol. The van der Waals surface area contributed by atoms with Crippen LogP contribution in [0.5, 0.6) is 0 Å². The molecule has 0 aliphatic heterocycles. The van der Waals surface area contributed by atoms with E-state index in [-0.39, 0.29) is 12.5 Å². The summed E-state index contributed by atoms with van der Waals surface area (Å²) in [6.07, 6.45) is 3.25. The molecule has 0 saturated heterocycles. The van der Waals surface area contributed by atoms with Crippen LogP contribution in [-0.2, 0) is 4.79 Å². The lowest BCUT2D eigenvalue weighted by molar-refractivity contribution is -0.137. The van der Waals surface area contributed by atoms with E-state index in [1.807, 2.05) is 0 Å². The molecule has 3 N–H and O–H groups in total. The van der Waals surface area contributed by atoms with Crippen LogP contribution in [0.3, 0.4) is 0 Å². The third-order valence-corrected chi connectivity index (χ3v) is 1.92. The SMILES string of the molecule is N[C@H](CCC(=O)O)C1CC1.